The minimum atomic E-state index is -0.138. The summed E-state index contributed by atoms with van der Waals surface area (Å²) >= 11 is 12.1. The quantitative estimate of drug-likeness (QED) is 0.638. The molecule has 0 radical (unpaired) electrons. The van der Waals surface area contributed by atoms with Gasteiger partial charge in [-0.1, -0.05) is 53.5 Å². The number of carbonyl (C=O) groups excluding carboxylic acids is 1. The van der Waals surface area contributed by atoms with E-state index in [1.807, 2.05) is 30.3 Å². The molecule has 0 saturated carbocycles. The molecule has 26 heavy (non-hydrogen) atoms. The van der Waals surface area contributed by atoms with E-state index < -0.39 is 0 Å². The van der Waals surface area contributed by atoms with Gasteiger partial charge in [-0.15, -0.1) is 0 Å². The molecule has 0 atom stereocenters. The van der Waals surface area contributed by atoms with Crippen molar-refractivity contribution in [1.29, 1.82) is 0 Å². The zero-order chi connectivity index (χ0) is 18.5. The molecule has 0 bridgehead atoms. The van der Waals surface area contributed by atoms with E-state index in [4.69, 9.17) is 23.2 Å². The Kier molecular flexibility index (Phi) is 5.76. The second-order valence-corrected chi connectivity index (χ2v) is 6.67. The van der Waals surface area contributed by atoms with Crippen LogP contribution >= 0.6 is 23.2 Å². The van der Waals surface area contributed by atoms with E-state index in [9.17, 15) is 4.79 Å². The predicted molar refractivity (Wildman–Crippen MR) is 106 cm³/mol. The zero-order valence-electron chi connectivity index (χ0n) is 14.1. The maximum Gasteiger partial charge on any atom is 0.272 e. The lowest BCUT2D eigenvalue weighted by Gasteiger charge is -2.17. The molecule has 0 fully saturated rings. The average molecular weight is 386 g/mol. The SMILES string of the molecule is CN(Cc1ccccc1)C(=O)c1ccc(Nc2cc(Cl)ccc2Cl)cn1. The van der Waals surface area contributed by atoms with Gasteiger partial charge in [-0.2, -0.15) is 0 Å². The van der Waals surface area contributed by atoms with E-state index in [1.54, 1.807) is 48.5 Å². The molecule has 1 aromatic heterocycles. The third-order valence-electron chi connectivity index (χ3n) is 3.80. The van der Waals surface area contributed by atoms with Gasteiger partial charge in [0.15, 0.2) is 0 Å². The lowest BCUT2D eigenvalue weighted by Crippen LogP contribution is -2.26. The number of amides is 1. The smallest absolute Gasteiger partial charge is 0.272 e. The Balaban J connectivity index is 1.68. The van der Waals surface area contributed by atoms with Gasteiger partial charge in [-0.3, -0.25) is 4.79 Å². The fraction of sp³-hybridized carbons (Fsp3) is 0.100. The molecule has 6 heteroatoms. The van der Waals surface area contributed by atoms with Gasteiger partial charge in [-0.05, 0) is 35.9 Å². The molecule has 0 saturated heterocycles. The lowest BCUT2D eigenvalue weighted by molar-refractivity contribution is 0.0779. The first-order valence-corrected chi connectivity index (χ1v) is 8.76. The van der Waals surface area contributed by atoms with Crippen molar-refractivity contribution >= 4 is 40.5 Å². The van der Waals surface area contributed by atoms with Crippen molar-refractivity contribution < 1.29 is 4.79 Å². The van der Waals surface area contributed by atoms with Crippen LogP contribution in [-0.4, -0.2) is 22.8 Å². The molecule has 0 aliphatic heterocycles. The van der Waals surface area contributed by atoms with E-state index >= 15 is 0 Å². The van der Waals surface area contributed by atoms with Gasteiger partial charge >= 0.3 is 0 Å². The fourth-order valence-corrected chi connectivity index (χ4v) is 2.80. The first-order valence-electron chi connectivity index (χ1n) is 8.00. The number of hydrogen-bond acceptors (Lipinski definition) is 3. The number of nitrogens with one attached hydrogen (secondary N) is 1. The number of pyridine rings is 1. The average Bonchev–Trinajstić information content (AvgIpc) is 2.65. The van der Waals surface area contributed by atoms with Crippen LogP contribution in [0, 0.1) is 0 Å². The zero-order valence-corrected chi connectivity index (χ0v) is 15.6. The highest BCUT2D eigenvalue weighted by Crippen LogP contribution is 2.28. The van der Waals surface area contributed by atoms with Crippen LogP contribution < -0.4 is 5.32 Å². The number of carbonyl (C=O) groups is 1. The van der Waals surface area contributed by atoms with E-state index in [0.717, 1.165) is 11.3 Å². The maximum absolute atomic E-state index is 12.5. The topological polar surface area (TPSA) is 45.2 Å². The van der Waals surface area contributed by atoms with Crippen LogP contribution in [-0.2, 0) is 6.54 Å². The van der Waals surface area contributed by atoms with Crippen LogP contribution in [0.25, 0.3) is 0 Å². The molecule has 0 aliphatic rings. The van der Waals surface area contributed by atoms with Crippen LogP contribution in [0.5, 0.6) is 0 Å². The number of halogens is 2. The van der Waals surface area contributed by atoms with Crippen LogP contribution in [0.4, 0.5) is 11.4 Å². The maximum atomic E-state index is 12.5. The third-order valence-corrected chi connectivity index (χ3v) is 4.36. The van der Waals surface area contributed by atoms with Gasteiger partial charge in [0.25, 0.3) is 5.91 Å². The standard InChI is InChI=1S/C20H17Cl2N3O/c1-25(13-14-5-3-2-4-6-14)20(26)18-10-8-16(12-23-18)24-19-11-15(21)7-9-17(19)22/h2-12,24H,13H2,1H3. The van der Waals surface area contributed by atoms with Crippen molar-refractivity contribution in [2.75, 3.05) is 12.4 Å². The summed E-state index contributed by atoms with van der Waals surface area (Å²) in [6, 6.07) is 18.5. The molecule has 132 valence electrons. The highest BCUT2D eigenvalue weighted by atomic mass is 35.5. The van der Waals surface area contributed by atoms with Gasteiger partial charge in [0.1, 0.15) is 5.69 Å². The van der Waals surface area contributed by atoms with Gasteiger partial charge in [0.2, 0.25) is 0 Å². The van der Waals surface area contributed by atoms with Gasteiger partial charge < -0.3 is 10.2 Å². The lowest BCUT2D eigenvalue weighted by atomic mass is 10.2. The molecule has 3 rings (SSSR count). The summed E-state index contributed by atoms with van der Waals surface area (Å²) in [6.45, 7) is 0.527. The van der Waals surface area contributed by atoms with Crippen molar-refractivity contribution in [2.24, 2.45) is 0 Å². The Morgan fingerprint density at radius 1 is 1.08 bits per heavy atom. The molecule has 1 amide bonds. The summed E-state index contributed by atoms with van der Waals surface area (Å²) in [4.78, 5) is 18.4. The molecule has 1 N–H and O–H groups in total. The molecule has 2 aromatic carbocycles. The minimum Gasteiger partial charge on any atom is -0.353 e. The minimum absolute atomic E-state index is 0.138. The van der Waals surface area contributed by atoms with Gasteiger partial charge in [-0.25, -0.2) is 4.98 Å². The summed E-state index contributed by atoms with van der Waals surface area (Å²) in [5.74, 6) is -0.138. The monoisotopic (exact) mass is 385 g/mol. The molecule has 1 heterocycles. The normalized spacial score (nSPS) is 10.4. The molecule has 0 unspecified atom stereocenters. The van der Waals surface area contributed by atoms with E-state index in [0.29, 0.717) is 28.0 Å². The molecular formula is C20H17Cl2N3O. The number of anilines is 2. The summed E-state index contributed by atoms with van der Waals surface area (Å²) in [6.07, 6.45) is 1.60. The Morgan fingerprint density at radius 2 is 1.85 bits per heavy atom. The van der Waals surface area contributed by atoms with Crippen molar-refractivity contribution in [1.82, 2.24) is 9.88 Å². The van der Waals surface area contributed by atoms with Gasteiger partial charge in [0, 0.05) is 18.6 Å². The summed E-state index contributed by atoms with van der Waals surface area (Å²) in [5.41, 5.74) is 2.85. The molecule has 0 aliphatic carbocycles. The number of aromatic nitrogens is 1. The third kappa shape index (κ3) is 4.54. The molecule has 4 nitrogen and oxygen atoms in total. The first kappa shape index (κ1) is 18.2. The summed E-state index contributed by atoms with van der Waals surface area (Å²) < 4.78 is 0. The van der Waals surface area contributed by atoms with Crippen LogP contribution in [0.3, 0.4) is 0 Å². The van der Waals surface area contributed by atoms with E-state index in [1.165, 1.54) is 0 Å². The summed E-state index contributed by atoms with van der Waals surface area (Å²) in [7, 11) is 1.76. The number of rotatable bonds is 5. The van der Waals surface area contributed by atoms with Crippen LogP contribution in [0.15, 0.2) is 66.9 Å². The Hall–Kier alpha value is -2.56. The number of benzene rings is 2. The fourth-order valence-electron chi connectivity index (χ4n) is 2.47. The van der Waals surface area contributed by atoms with Crippen LogP contribution in [0.1, 0.15) is 16.1 Å². The van der Waals surface area contributed by atoms with Gasteiger partial charge in [0.05, 0.1) is 22.6 Å². The van der Waals surface area contributed by atoms with Crippen molar-refractivity contribution in [2.45, 2.75) is 6.54 Å². The van der Waals surface area contributed by atoms with E-state index in [-0.39, 0.29) is 5.91 Å². The van der Waals surface area contributed by atoms with Crippen molar-refractivity contribution in [3.63, 3.8) is 0 Å². The number of nitrogens with zero attached hydrogens (tertiary/aromatic N) is 2. The second kappa shape index (κ2) is 8.21. The number of hydrogen-bond donors (Lipinski definition) is 1. The highest BCUT2D eigenvalue weighted by Gasteiger charge is 2.13. The Morgan fingerprint density at radius 3 is 2.54 bits per heavy atom. The van der Waals surface area contributed by atoms with Crippen molar-refractivity contribution in [3.8, 4) is 0 Å². The molecular weight excluding hydrogens is 369 g/mol. The second-order valence-electron chi connectivity index (χ2n) is 5.83. The summed E-state index contributed by atoms with van der Waals surface area (Å²) in [5, 5.41) is 4.28. The van der Waals surface area contributed by atoms with E-state index in [2.05, 4.69) is 10.3 Å². The first-order chi connectivity index (χ1) is 12.5. The molecule has 0 spiro atoms. The van der Waals surface area contributed by atoms with Crippen LogP contribution in [0.2, 0.25) is 10.0 Å². The highest BCUT2D eigenvalue weighted by molar-refractivity contribution is 6.35. The molecule has 3 aromatic rings. The van der Waals surface area contributed by atoms with Crippen molar-refractivity contribution in [3.05, 3.63) is 88.2 Å². The Labute approximate surface area is 162 Å². The predicted octanol–water partition coefficient (Wildman–Crippen LogP) is 5.40. The largest absolute Gasteiger partial charge is 0.353 e. The Bertz CT molecular complexity index is 899.